The van der Waals surface area contributed by atoms with Crippen molar-refractivity contribution in [3.05, 3.63) is 29.6 Å². The number of methoxy groups -OCH3 is 1. The lowest BCUT2D eigenvalue weighted by molar-refractivity contribution is 0.0821. The molecule has 0 radical (unpaired) electrons. The second-order valence-corrected chi connectivity index (χ2v) is 5.70. The Morgan fingerprint density at radius 3 is 2.96 bits per heavy atom. The molecule has 0 unspecified atom stereocenters. The summed E-state index contributed by atoms with van der Waals surface area (Å²) in [5, 5.41) is 2.85. The fourth-order valence-corrected chi connectivity index (χ4v) is 2.85. The van der Waals surface area contributed by atoms with E-state index >= 15 is 0 Å². The van der Waals surface area contributed by atoms with Crippen molar-refractivity contribution in [1.29, 1.82) is 0 Å². The summed E-state index contributed by atoms with van der Waals surface area (Å²) in [5.41, 5.74) is 0.358. The molecule has 1 fully saturated rings. The van der Waals surface area contributed by atoms with Crippen LogP contribution >= 0.6 is 0 Å². The van der Waals surface area contributed by atoms with Gasteiger partial charge in [-0.25, -0.2) is 9.18 Å². The first kappa shape index (κ1) is 17.5. The van der Waals surface area contributed by atoms with Crippen molar-refractivity contribution in [2.75, 3.05) is 26.8 Å². The number of nitrogens with one attached hydrogen (secondary N) is 1. The fourth-order valence-electron chi connectivity index (χ4n) is 2.85. The summed E-state index contributed by atoms with van der Waals surface area (Å²) in [4.78, 5) is 14.1. The van der Waals surface area contributed by atoms with Gasteiger partial charge >= 0.3 is 6.03 Å². The molecule has 1 aromatic rings. The molecule has 128 valence electrons. The first-order valence-electron chi connectivity index (χ1n) is 8.06. The van der Waals surface area contributed by atoms with Crippen LogP contribution in [0.5, 0.6) is 5.75 Å². The van der Waals surface area contributed by atoms with Gasteiger partial charge in [0.05, 0.1) is 24.8 Å². The van der Waals surface area contributed by atoms with E-state index in [1.54, 1.807) is 24.0 Å². The van der Waals surface area contributed by atoms with Crippen LogP contribution in [0.15, 0.2) is 18.2 Å². The van der Waals surface area contributed by atoms with Gasteiger partial charge < -0.3 is 19.7 Å². The largest absolute Gasteiger partial charge is 0.496 e. The van der Waals surface area contributed by atoms with E-state index < -0.39 is 6.04 Å². The lowest BCUT2D eigenvalue weighted by Crippen LogP contribution is -2.44. The number of halogens is 1. The molecule has 1 aromatic carbocycles. The maximum Gasteiger partial charge on any atom is 0.317 e. The third kappa shape index (κ3) is 4.34. The van der Waals surface area contributed by atoms with E-state index in [4.69, 9.17) is 9.47 Å². The molecule has 2 rings (SSSR count). The molecule has 2 atom stereocenters. The highest BCUT2D eigenvalue weighted by Gasteiger charge is 2.24. The summed E-state index contributed by atoms with van der Waals surface area (Å²) >= 11 is 0. The third-order valence-corrected chi connectivity index (χ3v) is 4.12. The number of benzene rings is 1. The molecule has 1 saturated heterocycles. The quantitative estimate of drug-likeness (QED) is 0.875. The van der Waals surface area contributed by atoms with Gasteiger partial charge in [0.1, 0.15) is 11.6 Å². The minimum absolute atomic E-state index is 0.0963. The maximum atomic E-state index is 14.1. The highest BCUT2D eigenvalue weighted by Crippen LogP contribution is 2.27. The van der Waals surface area contributed by atoms with Gasteiger partial charge in [0, 0.05) is 19.7 Å². The molecular formula is C17H25FN2O3. The van der Waals surface area contributed by atoms with Gasteiger partial charge in [-0.1, -0.05) is 6.07 Å². The van der Waals surface area contributed by atoms with Crippen LogP contribution in [0.25, 0.3) is 0 Å². The van der Waals surface area contributed by atoms with Crippen LogP contribution in [-0.4, -0.2) is 43.8 Å². The molecule has 0 spiro atoms. The normalized spacial score (nSPS) is 18.5. The molecule has 23 heavy (non-hydrogen) atoms. The minimum Gasteiger partial charge on any atom is -0.496 e. The monoisotopic (exact) mass is 324 g/mol. The second kappa shape index (κ2) is 8.15. The van der Waals surface area contributed by atoms with E-state index in [1.807, 2.05) is 6.92 Å². The average Bonchev–Trinajstić information content (AvgIpc) is 3.04. The number of hydrogen-bond donors (Lipinski definition) is 1. The summed E-state index contributed by atoms with van der Waals surface area (Å²) in [6.07, 6.45) is 2.10. The molecule has 2 amide bonds. The lowest BCUT2D eigenvalue weighted by atomic mass is 10.1. The van der Waals surface area contributed by atoms with E-state index in [-0.39, 0.29) is 18.0 Å². The van der Waals surface area contributed by atoms with Gasteiger partial charge in [-0.3, -0.25) is 0 Å². The molecule has 5 nitrogen and oxygen atoms in total. The Hall–Kier alpha value is -1.82. The summed E-state index contributed by atoms with van der Waals surface area (Å²) in [6.45, 7) is 5.56. The number of likely N-dealkylation sites (N-methyl/N-ethyl adjacent to an activating group) is 1. The molecule has 0 aromatic heterocycles. The smallest absolute Gasteiger partial charge is 0.317 e. The number of rotatable bonds is 6. The third-order valence-electron chi connectivity index (χ3n) is 4.12. The Kier molecular flexibility index (Phi) is 6.21. The van der Waals surface area contributed by atoms with Crippen molar-refractivity contribution in [2.24, 2.45) is 0 Å². The van der Waals surface area contributed by atoms with Crippen molar-refractivity contribution in [3.8, 4) is 5.75 Å². The Balaban J connectivity index is 2.03. The molecule has 1 aliphatic heterocycles. The topological polar surface area (TPSA) is 50.8 Å². The van der Waals surface area contributed by atoms with Crippen molar-refractivity contribution < 1.29 is 18.7 Å². The highest BCUT2D eigenvalue weighted by atomic mass is 19.1. The van der Waals surface area contributed by atoms with Gasteiger partial charge in [0.15, 0.2) is 0 Å². The number of carbonyl (C=O) groups is 1. The van der Waals surface area contributed by atoms with E-state index in [0.29, 0.717) is 24.4 Å². The van der Waals surface area contributed by atoms with Crippen LogP contribution < -0.4 is 10.1 Å². The van der Waals surface area contributed by atoms with Crippen LogP contribution in [0.2, 0.25) is 0 Å². The van der Waals surface area contributed by atoms with Crippen molar-refractivity contribution in [2.45, 2.75) is 38.8 Å². The summed E-state index contributed by atoms with van der Waals surface area (Å²) in [7, 11) is 1.49. The average molecular weight is 324 g/mol. The number of carbonyl (C=O) groups excluding carboxylic acids is 1. The zero-order chi connectivity index (χ0) is 16.8. The summed E-state index contributed by atoms with van der Waals surface area (Å²) in [6, 6.07) is 3.93. The predicted molar refractivity (Wildman–Crippen MR) is 86.1 cm³/mol. The Morgan fingerprint density at radius 1 is 1.57 bits per heavy atom. The molecule has 0 aliphatic carbocycles. The lowest BCUT2D eigenvalue weighted by Gasteiger charge is -2.27. The van der Waals surface area contributed by atoms with Crippen molar-refractivity contribution in [3.63, 3.8) is 0 Å². The summed E-state index contributed by atoms with van der Waals surface area (Å²) < 4.78 is 24.9. The minimum atomic E-state index is -0.489. The first-order valence-corrected chi connectivity index (χ1v) is 8.06. The van der Waals surface area contributed by atoms with E-state index in [1.165, 1.54) is 13.2 Å². The van der Waals surface area contributed by atoms with Crippen LogP contribution in [0.4, 0.5) is 9.18 Å². The predicted octanol–water partition coefficient (Wildman–Crippen LogP) is 3.11. The summed E-state index contributed by atoms with van der Waals surface area (Å²) in [5.74, 6) is 0.0410. The van der Waals surface area contributed by atoms with E-state index in [2.05, 4.69) is 5.32 Å². The van der Waals surface area contributed by atoms with Gasteiger partial charge in [-0.2, -0.15) is 0 Å². The first-order chi connectivity index (χ1) is 11.1. The number of hydrogen-bond acceptors (Lipinski definition) is 3. The molecule has 1 aliphatic rings. The zero-order valence-corrected chi connectivity index (χ0v) is 14.0. The Labute approximate surface area is 136 Å². The van der Waals surface area contributed by atoms with Gasteiger partial charge in [-0.15, -0.1) is 0 Å². The van der Waals surface area contributed by atoms with Crippen LogP contribution in [0, 0.1) is 5.82 Å². The Bertz CT molecular complexity index is 533. The van der Waals surface area contributed by atoms with Crippen LogP contribution in [0.3, 0.4) is 0 Å². The second-order valence-electron chi connectivity index (χ2n) is 5.70. The molecular weight excluding hydrogens is 299 g/mol. The molecule has 6 heteroatoms. The van der Waals surface area contributed by atoms with Crippen LogP contribution in [0.1, 0.15) is 38.3 Å². The maximum absolute atomic E-state index is 14.1. The number of ether oxygens (including phenoxy) is 2. The highest BCUT2D eigenvalue weighted by molar-refractivity contribution is 5.74. The van der Waals surface area contributed by atoms with Gasteiger partial charge in [0.2, 0.25) is 0 Å². The van der Waals surface area contributed by atoms with E-state index in [9.17, 15) is 9.18 Å². The zero-order valence-electron chi connectivity index (χ0n) is 14.0. The van der Waals surface area contributed by atoms with Crippen molar-refractivity contribution in [1.82, 2.24) is 10.2 Å². The number of nitrogens with zero attached hydrogens (tertiary/aromatic N) is 1. The standard InChI is InChI=1S/C17H25FN2O3/c1-4-20(11-13-7-6-10-23-13)17(21)19-12(2)16-14(18)8-5-9-15(16)22-3/h5,8-9,12-13H,4,6-7,10-11H2,1-3H3,(H,19,21)/t12-,13-/m1/s1. The molecule has 0 bridgehead atoms. The van der Waals surface area contributed by atoms with Crippen LogP contribution in [-0.2, 0) is 4.74 Å². The van der Waals surface area contributed by atoms with E-state index in [0.717, 1.165) is 19.4 Å². The van der Waals surface area contributed by atoms with Gasteiger partial charge in [-0.05, 0) is 38.8 Å². The fraction of sp³-hybridized carbons (Fsp3) is 0.588. The molecule has 1 N–H and O–H groups in total. The van der Waals surface area contributed by atoms with Crippen molar-refractivity contribution >= 4 is 6.03 Å². The Morgan fingerprint density at radius 2 is 2.35 bits per heavy atom. The number of urea groups is 1. The SMILES string of the molecule is CCN(C[C@H]1CCCO1)C(=O)N[C@H](C)c1c(F)cccc1OC. The molecule has 0 saturated carbocycles. The molecule has 1 heterocycles. The number of amides is 2. The van der Waals surface area contributed by atoms with Gasteiger partial charge in [0.25, 0.3) is 0 Å².